The van der Waals surface area contributed by atoms with Crippen LogP contribution < -0.4 is 15.8 Å². The number of carboxylic acids is 1. The van der Waals surface area contributed by atoms with Crippen LogP contribution in [0.3, 0.4) is 0 Å². The van der Waals surface area contributed by atoms with Crippen LogP contribution in [-0.4, -0.2) is 23.5 Å². The number of fused-ring (bicyclic) bond motifs is 1. The highest BCUT2D eigenvalue weighted by Gasteiger charge is 2.40. The van der Waals surface area contributed by atoms with Gasteiger partial charge in [0, 0.05) is 35.3 Å². The van der Waals surface area contributed by atoms with Crippen molar-refractivity contribution in [2.24, 2.45) is 0 Å². The van der Waals surface area contributed by atoms with Crippen molar-refractivity contribution in [2.45, 2.75) is 51.9 Å². The molecule has 0 atom stereocenters. The standard InChI is InChI=1S/C25H25N3O4/c1-15-9-10-19-17(12-15)25(2,3)20(28(19)11-7-5-6-8-21(29)30)13-16-22(18(14-26)27-4)24(32)23(16)31/h9-10,12-13,26H,5-8,11H2,1-3H3,(H,29,30). The number of carboxylic acid groups (broad SMARTS) is 1. The van der Waals surface area contributed by atoms with Gasteiger partial charge in [0.25, 0.3) is 5.70 Å². The molecule has 0 saturated carbocycles. The first-order valence-corrected chi connectivity index (χ1v) is 10.5. The summed E-state index contributed by atoms with van der Waals surface area (Å²) in [6.07, 6.45) is 3.91. The SMILES string of the molecule is [C-]#[N+]C(=C=N)c1c(C=C2N(CCCCCC(=O)O)c3ccc(C)cc3C2(C)C)c(=O)c1=O. The lowest BCUT2D eigenvalue weighted by molar-refractivity contribution is -0.137. The molecular formula is C25H25N3O4. The fourth-order valence-electron chi connectivity index (χ4n) is 4.28. The van der Waals surface area contributed by atoms with Gasteiger partial charge in [-0.2, -0.15) is 0 Å². The second-order valence-electron chi connectivity index (χ2n) is 8.56. The van der Waals surface area contributed by atoms with Crippen LogP contribution in [0.25, 0.3) is 16.6 Å². The Kier molecular flexibility index (Phi) is 6.29. The van der Waals surface area contributed by atoms with Gasteiger partial charge in [0.15, 0.2) is 0 Å². The summed E-state index contributed by atoms with van der Waals surface area (Å²) in [6.45, 7) is 13.9. The molecule has 0 radical (unpaired) electrons. The summed E-state index contributed by atoms with van der Waals surface area (Å²) >= 11 is 0. The molecular weight excluding hydrogens is 406 g/mol. The van der Waals surface area contributed by atoms with Gasteiger partial charge in [-0.1, -0.05) is 38.0 Å². The topological polar surface area (TPSA) is 103 Å². The summed E-state index contributed by atoms with van der Waals surface area (Å²) in [4.78, 5) is 40.6. The van der Waals surface area contributed by atoms with Crippen LogP contribution in [0.1, 0.15) is 61.8 Å². The van der Waals surface area contributed by atoms with Crippen LogP contribution in [0.15, 0.2) is 33.5 Å². The van der Waals surface area contributed by atoms with Crippen molar-refractivity contribution in [1.82, 2.24) is 0 Å². The van der Waals surface area contributed by atoms with Crippen molar-refractivity contribution < 1.29 is 9.90 Å². The first kappa shape index (κ1) is 22.9. The molecule has 2 aromatic rings. The zero-order chi connectivity index (χ0) is 23.6. The Balaban J connectivity index is 2.05. The molecule has 164 valence electrons. The molecule has 0 fully saturated rings. The Bertz CT molecular complexity index is 1280. The highest BCUT2D eigenvalue weighted by atomic mass is 16.4. The van der Waals surface area contributed by atoms with E-state index in [1.54, 1.807) is 6.08 Å². The first-order valence-electron chi connectivity index (χ1n) is 10.5. The van der Waals surface area contributed by atoms with E-state index in [1.165, 1.54) is 0 Å². The number of allylic oxidation sites excluding steroid dienone is 1. The number of aryl methyl sites for hydroxylation is 1. The number of nitrogens with zero attached hydrogens (tertiary/aromatic N) is 2. The molecule has 1 aliphatic heterocycles. The highest BCUT2D eigenvalue weighted by Crippen LogP contribution is 2.48. The van der Waals surface area contributed by atoms with Crippen LogP contribution in [0, 0.1) is 18.9 Å². The Morgan fingerprint density at radius 3 is 2.59 bits per heavy atom. The zero-order valence-corrected chi connectivity index (χ0v) is 18.4. The van der Waals surface area contributed by atoms with Gasteiger partial charge in [-0.3, -0.25) is 19.8 Å². The Labute approximate surface area is 186 Å². The van der Waals surface area contributed by atoms with Crippen molar-refractivity contribution in [3.63, 3.8) is 0 Å². The lowest BCUT2D eigenvalue weighted by Crippen LogP contribution is -2.38. The van der Waals surface area contributed by atoms with E-state index in [0.717, 1.165) is 35.4 Å². The summed E-state index contributed by atoms with van der Waals surface area (Å²) in [5.74, 6) is 1.16. The average Bonchev–Trinajstić information content (AvgIpc) is 2.95. The van der Waals surface area contributed by atoms with Gasteiger partial charge in [-0.05, 0) is 43.3 Å². The van der Waals surface area contributed by atoms with Crippen molar-refractivity contribution >= 4 is 29.3 Å². The van der Waals surface area contributed by atoms with Crippen LogP contribution >= 0.6 is 0 Å². The third-order valence-corrected chi connectivity index (χ3v) is 6.02. The number of unbranched alkanes of at least 4 members (excludes halogenated alkanes) is 2. The van der Waals surface area contributed by atoms with Crippen LogP contribution in [-0.2, 0) is 10.2 Å². The normalized spacial score (nSPS) is 15.4. The maximum Gasteiger partial charge on any atom is 0.303 e. The maximum atomic E-state index is 12.4. The van der Waals surface area contributed by atoms with E-state index in [-0.39, 0.29) is 23.2 Å². The molecule has 32 heavy (non-hydrogen) atoms. The molecule has 1 heterocycles. The van der Waals surface area contributed by atoms with Crippen molar-refractivity contribution in [1.29, 1.82) is 5.41 Å². The molecule has 7 nitrogen and oxygen atoms in total. The van der Waals surface area contributed by atoms with E-state index < -0.39 is 22.2 Å². The van der Waals surface area contributed by atoms with Gasteiger partial charge in [-0.15, -0.1) is 0 Å². The van der Waals surface area contributed by atoms with Crippen molar-refractivity contribution in [3.8, 4) is 0 Å². The summed E-state index contributed by atoms with van der Waals surface area (Å²) in [5.41, 5.74) is 2.02. The second kappa shape index (κ2) is 8.78. The quantitative estimate of drug-likeness (QED) is 0.286. The zero-order valence-electron chi connectivity index (χ0n) is 18.4. The number of carbonyl (C=O) groups is 1. The molecule has 1 aliphatic rings. The highest BCUT2D eigenvalue weighted by molar-refractivity contribution is 5.96. The smallest absolute Gasteiger partial charge is 0.303 e. The summed E-state index contributed by atoms with van der Waals surface area (Å²) in [6, 6.07) is 6.17. The van der Waals surface area contributed by atoms with Gasteiger partial charge >= 0.3 is 5.97 Å². The lowest BCUT2D eigenvalue weighted by Gasteiger charge is -2.28. The van der Waals surface area contributed by atoms with E-state index in [1.807, 2.05) is 24.9 Å². The van der Waals surface area contributed by atoms with Crippen LogP contribution in [0.5, 0.6) is 0 Å². The minimum Gasteiger partial charge on any atom is -0.481 e. The van der Waals surface area contributed by atoms with E-state index in [4.69, 9.17) is 17.1 Å². The number of hydrogen-bond donors (Lipinski definition) is 2. The fraction of sp³-hybridized carbons (Fsp3) is 0.360. The minimum absolute atomic E-state index is 0.0446. The Morgan fingerprint density at radius 1 is 1.25 bits per heavy atom. The summed E-state index contributed by atoms with van der Waals surface area (Å²) in [7, 11) is 0. The fourth-order valence-corrected chi connectivity index (χ4v) is 4.28. The molecule has 0 bridgehead atoms. The monoisotopic (exact) mass is 431 g/mol. The molecule has 0 aliphatic carbocycles. The number of aliphatic carboxylic acids is 1. The van der Waals surface area contributed by atoms with Gasteiger partial charge < -0.3 is 10.0 Å². The van der Waals surface area contributed by atoms with Gasteiger partial charge in [0.05, 0.1) is 12.1 Å². The van der Waals surface area contributed by atoms with E-state index >= 15 is 0 Å². The Hall–Kier alpha value is -3.75. The number of hydrogen-bond acceptors (Lipinski definition) is 5. The molecule has 0 aromatic heterocycles. The lowest BCUT2D eigenvalue weighted by atomic mass is 9.82. The number of anilines is 1. The maximum absolute atomic E-state index is 12.4. The molecule has 2 N–H and O–H groups in total. The summed E-state index contributed by atoms with van der Waals surface area (Å²) in [5, 5.41) is 16.1. The van der Waals surface area contributed by atoms with Gasteiger partial charge in [0.2, 0.25) is 10.9 Å². The van der Waals surface area contributed by atoms with Crippen molar-refractivity contribution in [2.75, 3.05) is 11.4 Å². The minimum atomic E-state index is -0.809. The van der Waals surface area contributed by atoms with E-state index in [9.17, 15) is 14.4 Å². The van der Waals surface area contributed by atoms with Gasteiger partial charge in [-0.25, -0.2) is 4.85 Å². The third-order valence-electron chi connectivity index (χ3n) is 6.02. The number of nitrogens with one attached hydrogen (secondary N) is 1. The Morgan fingerprint density at radius 2 is 1.97 bits per heavy atom. The molecule has 0 amide bonds. The van der Waals surface area contributed by atoms with Crippen LogP contribution in [0.4, 0.5) is 5.69 Å². The molecule has 0 saturated heterocycles. The predicted octanol–water partition coefficient (Wildman–Crippen LogP) is 3.88. The first-order chi connectivity index (χ1) is 15.1. The molecule has 7 heteroatoms. The summed E-state index contributed by atoms with van der Waals surface area (Å²) < 4.78 is 0. The number of benzene rings is 1. The average molecular weight is 431 g/mol. The predicted molar refractivity (Wildman–Crippen MR) is 125 cm³/mol. The number of rotatable bonds is 8. The van der Waals surface area contributed by atoms with Crippen molar-refractivity contribution in [3.05, 3.63) is 78.0 Å². The van der Waals surface area contributed by atoms with E-state index in [0.29, 0.717) is 13.0 Å². The van der Waals surface area contributed by atoms with Gasteiger partial charge in [0.1, 0.15) is 0 Å². The molecule has 3 rings (SSSR count). The third kappa shape index (κ3) is 3.93. The molecule has 2 aromatic carbocycles. The molecule has 0 unspecified atom stereocenters. The van der Waals surface area contributed by atoms with Crippen LogP contribution in [0.2, 0.25) is 0 Å². The second-order valence-corrected chi connectivity index (χ2v) is 8.56. The largest absolute Gasteiger partial charge is 0.481 e. The van der Waals surface area contributed by atoms with E-state index in [2.05, 4.69) is 29.7 Å². The molecule has 0 spiro atoms.